The minimum atomic E-state index is 0.673. The fourth-order valence-corrected chi connectivity index (χ4v) is 3.66. The average molecular weight is 295 g/mol. The Labute approximate surface area is 102 Å². The summed E-state index contributed by atoms with van der Waals surface area (Å²) < 4.78 is 0.896. The molecule has 78 valence electrons. The first-order valence-electron chi connectivity index (χ1n) is 4.84. The van der Waals surface area contributed by atoms with Gasteiger partial charge in [-0.15, -0.1) is 11.3 Å². The highest BCUT2D eigenvalue weighted by molar-refractivity contribution is 9.09. The van der Waals surface area contributed by atoms with Crippen LogP contribution in [0.1, 0.15) is 17.7 Å². The van der Waals surface area contributed by atoms with E-state index in [9.17, 15) is 0 Å². The van der Waals surface area contributed by atoms with Crippen molar-refractivity contribution in [1.82, 2.24) is 4.90 Å². The molecule has 1 atom stereocenters. The molecule has 0 radical (unpaired) electrons. The van der Waals surface area contributed by atoms with Crippen molar-refractivity contribution in [3.05, 3.63) is 21.3 Å². The van der Waals surface area contributed by atoms with E-state index in [1.807, 2.05) is 6.07 Å². The molecule has 0 spiro atoms. The zero-order valence-electron chi connectivity index (χ0n) is 7.88. The maximum atomic E-state index is 5.90. The standard InChI is InChI=1S/C10H13BrClNS/c11-8-2-1-5-13(6-8)7-9-3-4-10(12)14-9/h3-4,8H,1-2,5-7H2. The fourth-order valence-electron chi connectivity index (χ4n) is 1.80. The van der Waals surface area contributed by atoms with E-state index < -0.39 is 0 Å². The van der Waals surface area contributed by atoms with Crippen molar-refractivity contribution in [2.45, 2.75) is 24.2 Å². The monoisotopic (exact) mass is 293 g/mol. The summed E-state index contributed by atoms with van der Waals surface area (Å²) in [4.78, 5) is 4.54. The number of rotatable bonds is 2. The van der Waals surface area contributed by atoms with E-state index in [4.69, 9.17) is 11.6 Å². The summed E-state index contributed by atoms with van der Waals surface area (Å²) >= 11 is 11.3. The van der Waals surface area contributed by atoms with Crippen molar-refractivity contribution in [1.29, 1.82) is 0 Å². The van der Waals surface area contributed by atoms with Gasteiger partial charge in [0.25, 0.3) is 0 Å². The second-order valence-electron chi connectivity index (χ2n) is 3.68. The summed E-state index contributed by atoms with van der Waals surface area (Å²) in [5, 5.41) is 0. The predicted octanol–water partition coefficient (Wildman–Crippen LogP) is 3.76. The molecule has 1 aromatic heterocycles. The molecule has 14 heavy (non-hydrogen) atoms. The van der Waals surface area contributed by atoms with Crippen LogP contribution in [0.4, 0.5) is 0 Å². The van der Waals surface area contributed by atoms with Crippen LogP contribution < -0.4 is 0 Å². The quantitative estimate of drug-likeness (QED) is 0.751. The van der Waals surface area contributed by atoms with Crippen molar-refractivity contribution < 1.29 is 0 Å². The van der Waals surface area contributed by atoms with Gasteiger partial charge in [-0.25, -0.2) is 0 Å². The van der Waals surface area contributed by atoms with Gasteiger partial charge >= 0.3 is 0 Å². The van der Waals surface area contributed by atoms with E-state index in [-0.39, 0.29) is 0 Å². The molecule has 0 aliphatic carbocycles. The summed E-state index contributed by atoms with van der Waals surface area (Å²) in [5.74, 6) is 0. The van der Waals surface area contributed by atoms with Crippen LogP contribution in [-0.2, 0) is 6.54 Å². The Balaban J connectivity index is 1.90. The van der Waals surface area contributed by atoms with E-state index in [0.717, 1.165) is 17.4 Å². The van der Waals surface area contributed by atoms with Crippen LogP contribution >= 0.6 is 38.9 Å². The summed E-state index contributed by atoms with van der Waals surface area (Å²) in [6, 6.07) is 4.11. The van der Waals surface area contributed by atoms with Crippen LogP contribution in [-0.4, -0.2) is 22.8 Å². The lowest BCUT2D eigenvalue weighted by Gasteiger charge is -2.29. The molecular weight excluding hydrogens is 282 g/mol. The minimum absolute atomic E-state index is 0.673. The molecule has 1 nitrogen and oxygen atoms in total. The van der Waals surface area contributed by atoms with Gasteiger partial charge in [-0.05, 0) is 31.5 Å². The van der Waals surface area contributed by atoms with Gasteiger partial charge in [-0.1, -0.05) is 27.5 Å². The predicted molar refractivity (Wildman–Crippen MR) is 66.6 cm³/mol. The Morgan fingerprint density at radius 2 is 2.43 bits per heavy atom. The van der Waals surface area contributed by atoms with Gasteiger partial charge in [0.1, 0.15) is 0 Å². The van der Waals surface area contributed by atoms with Crippen LogP contribution in [0.3, 0.4) is 0 Å². The molecule has 1 aliphatic rings. The lowest BCUT2D eigenvalue weighted by molar-refractivity contribution is 0.229. The molecular formula is C10H13BrClNS. The minimum Gasteiger partial charge on any atom is -0.297 e. The zero-order chi connectivity index (χ0) is 9.97. The number of nitrogens with zero attached hydrogens (tertiary/aromatic N) is 1. The maximum absolute atomic E-state index is 5.90. The third-order valence-corrected chi connectivity index (χ3v) is 4.42. The molecule has 0 N–H and O–H groups in total. The molecule has 0 aromatic carbocycles. The Morgan fingerprint density at radius 3 is 3.07 bits per heavy atom. The highest BCUT2D eigenvalue weighted by Gasteiger charge is 2.17. The highest BCUT2D eigenvalue weighted by Crippen LogP contribution is 2.25. The molecule has 4 heteroatoms. The molecule has 1 aliphatic heterocycles. The second kappa shape index (κ2) is 4.97. The lowest BCUT2D eigenvalue weighted by atomic mass is 10.1. The van der Waals surface area contributed by atoms with E-state index >= 15 is 0 Å². The van der Waals surface area contributed by atoms with Crippen LogP contribution in [0, 0.1) is 0 Å². The molecule has 0 amide bonds. The molecule has 2 rings (SSSR count). The normalized spacial score (nSPS) is 24.0. The molecule has 0 bridgehead atoms. The summed E-state index contributed by atoms with van der Waals surface area (Å²) in [7, 11) is 0. The summed E-state index contributed by atoms with van der Waals surface area (Å²) in [5.41, 5.74) is 0. The van der Waals surface area contributed by atoms with Gasteiger partial charge in [-0.2, -0.15) is 0 Å². The van der Waals surface area contributed by atoms with Crippen LogP contribution in [0.5, 0.6) is 0 Å². The van der Waals surface area contributed by atoms with Crippen LogP contribution in [0.2, 0.25) is 4.34 Å². The molecule has 1 saturated heterocycles. The van der Waals surface area contributed by atoms with E-state index in [0.29, 0.717) is 4.83 Å². The zero-order valence-corrected chi connectivity index (χ0v) is 11.0. The van der Waals surface area contributed by atoms with Gasteiger partial charge in [0, 0.05) is 22.8 Å². The lowest BCUT2D eigenvalue weighted by Crippen LogP contribution is -2.34. The van der Waals surface area contributed by atoms with Gasteiger partial charge < -0.3 is 0 Å². The van der Waals surface area contributed by atoms with Crippen molar-refractivity contribution in [3.8, 4) is 0 Å². The van der Waals surface area contributed by atoms with Gasteiger partial charge in [0.2, 0.25) is 0 Å². The van der Waals surface area contributed by atoms with Gasteiger partial charge in [0.05, 0.1) is 4.34 Å². The van der Waals surface area contributed by atoms with Crippen molar-refractivity contribution in [2.75, 3.05) is 13.1 Å². The van der Waals surface area contributed by atoms with E-state index in [1.54, 1.807) is 11.3 Å². The van der Waals surface area contributed by atoms with Gasteiger partial charge in [-0.3, -0.25) is 4.90 Å². The molecule has 2 heterocycles. The number of piperidine rings is 1. The third kappa shape index (κ3) is 2.96. The second-order valence-corrected chi connectivity index (χ2v) is 6.78. The Kier molecular flexibility index (Phi) is 3.88. The Bertz CT molecular complexity index is 302. The smallest absolute Gasteiger partial charge is 0.0931 e. The number of hydrogen-bond acceptors (Lipinski definition) is 2. The molecule has 1 fully saturated rings. The number of likely N-dealkylation sites (tertiary alicyclic amines) is 1. The van der Waals surface area contributed by atoms with E-state index in [2.05, 4.69) is 26.9 Å². The third-order valence-electron chi connectivity index (χ3n) is 2.46. The topological polar surface area (TPSA) is 3.24 Å². The molecule has 0 saturated carbocycles. The highest BCUT2D eigenvalue weighted by atomic mass is 79.9. The SMILES string of the molecule is Clc1ccc(CN2CCCC(Br)C2)s1. The maximum Gasteiger partial charge on any atom is 0.0931 e. The first-order valence-corrected chi connectivity index (χ1v) is 6.96. The Morgan fingerprint density at radius 1 is 1.57 bits per heavy atom. The summed E-state index contributed by atoms with van der Waals surface area (Å²) in [6.45, 7) is 3.44. The molecule has 1 aromatic rings. The van der Waals surface area contributed by atoms with Crippen molar-refractivity contribution >= 4 is 38.9 Å². The largest absolute Gasteiger partial charge is 0.297 e. The fraction of sp³-hybridized carbons (Fsp3) is 0.600. The molecule has 1 unspecified atom stereocenters. The number of alkyl halides is 1. The van der Waals surface area contributed by atoms with Crippen LogP contribution in [0.15, 0.2) is 12.1 Å². The first kappa shape index (κ1) is 10.9. The number of thiophene rings is 1. The van der Waals surface area contributed by atoms with Crippen LogP contribution in [0.25, 0.3) is 0 Å². The van der Waals surface area contributed by atoms with Crippen molar-refractivity contribution in [2.24, 2.45) is 0 Å². The Hall–Kier alpha value is 0.430. The van der Waals surface area contributed by atoms with E-state index in [1.165, 1.54) is 24.3 Å². The number of halogens is 2. The van der Waals surface area contributed by atoms with Gasteiger partial charge in [0.15, 0.2) is 0 Å². The first-order chi connectivity index (χ1) is 6.74. The van der Waals surface area contributed by atoms with Crippen molar-refractivity contribution in [3.63, 3.8) is 0 Å². The number of hydrogen-bond donors (Lipinski definition) is 0. The average Bonchev–Trinajstić information content (AvgIpc) is 2.51. The summed E-state index contributed by atoms with van der Waals surface area (Å²) in [6.07, 6.45) is 2.61.